The fourth-order valence-electron chi connectivity index (χ4n) is 0.961. The summed E-state index contributed by atoms with van der Waals surface area (Å²) in [4.78, 5) is 23.2. The van der Waals surface area contributed by atoms with Gasteiger partial charge in [-0.2, -0.15) is 0 Å². The number of esters is 2. The van der Waals surface area contributed by atoms with Crippen LogP contribution < -0.4 is 0 Å². The third-order valence-electron chi connectivity index (χ3n) is 1.94. The summed E-state index contributed by atoms with van der Waals surface area (Å²) >= 11 is 0. The van der Waals surface area contributed by atoms with Crippen LogP contribution in [0.5, 0.6) is 0 Å². The van der Waals surface area contributed by atoms with Gasteiger partial charge in [-0.3, -0.25) is 0 Å². The summed E-state index contributed by atoms with van der Waals surface area (Å²) in [6.45, 7) is 14.2. The predicted molar refractivity (Wildman–Crippen MR) is 82.4 cm³/mol. The van der Waals surface area contributed by atoms with Gasteiger partial charge in [0.2, 0.25) is 0 Å². The first-order chi connectivity index (χ1) is 8.41. The standard InChI is InChI=1S/C13H26O4Si2/c1-11(13(15)17-10-19(5,6)7)8-12(14)16-9-18(2,3)4/h8H,9-10H2,1-7H3. The maximum atomic E-state index is 11.7. The molecule has 0 aliphatic rings. The highest BCUT2D eigenvalue weighted by molar-refractivity contribution is 6.76. The smallest absolute Gasteiger partial charge is 0.333 e. The van der Waals surface area contributed by atoms with Gasteiger partial charge in [-0.25, -0.2) is 9.59 Å². The minimum atomic E-state index is -1.43. The molecule has 0 spiro atoms. The lowest BCUT2D eigenvalue weighted by Crippen LogP contribution is -2.30. The Balaban J connectivity index is 4.31. The Kier molecular flexibility index (Phi) is 6.72. The van der Waals surface area contributed by atoms with Gasteiger partial charge in [-0.1, -0.05) is 39.3 Å². The second-order valence-electron chi connectivity index (χ2n) is 7.13. The summed E-state index contributed by atoms with van der Waals surface area (Å²) < 4.78 is 10.3. The number of rotatable bonds is 6. The van der Waals surface area contributed by atoms with Gasteiger partial charge >= 0.3 is 11.9 Å². The van der Waals surface area contributed by atoms with Crippen molar-refractivity contribution in [3.05, 3.63) is 11.6 Å². The van der Waals surface area contributed by atoms with Crippen molar-refractivity contribution in [3.8, 4) is 0 Å². The van der Waals surface area contributed by atoms with E-state index >= 15 is 0 Å². The Morgan fingerprint density at radius 2 is 1.32 bits per heavy atom. The molecule has 0 radical (unpaired) electrons. The van der Waals surface area contributed by atoms with Crippen molar-refractivity contribution >= 4 is 28.1 Å². The van der Waals surface area contributed by atoms with Crippen LogP contribution in [0.2, 0.25) is 39.3 Å². The van der Waals surface area contributed by atoms with Gasteiger partial charge < -0.3 is 9.47 Å². The molecule has 0 unspecified atom stereocenters. The monoisotopic (exact) mass is 302 g/mol. The van der Waals surface area contributed by atoms with Crippen LogP contribution in [0.4, 0.5) is 0 Å². The highest BCUT2D eigenvalue weighted by Gasteiger charge is 2.18. The molecule has 0 aliphatic heterocycles. The first-order valence-corrected chi connectivity index (χ1v) is 13.8. The van der Waals surface area contributed by atoms with Crippen molar-refractivity contribution in [2.24, 2.45) is 0 Å². The molecule has 19 heavy (non-hydrogen) atoms. The average molecular weight is 303 g/mol. The molecule has 0 rings (SSSR count). The molecule has 6 heteroatoms. The zero-order valence-electron chi connectivity index (χ0n) is 13.1. The van der Waals surface area contributed by atoms with E-state index < -0.39 is 28.1 Å². The summed E-state index contributed by atoms with van der Waals surface area (Å²) in [5, 5.41) is 0. The quantitative estimate of drug-likeness (QED) is 0.430. The first kappa shape index (κ1) is 18.1. The van der Waals surface area contributed by atoms with Gasteiger partial charge in [-0.05, 0) is 6.92 Å². The predicted octanol–water partition coefficient (Wildman–Crippen LogP) is 2.77. The van der Waals surface area contributed by atoms with Crippen molar-refractivity contribution in [1.82, 2.24) is 0 Å². The van der Waals surface area contributed by atoms with Crippen LogP contribution in [-0.2, 0) is 19.1 Å². The lowest BCUT2D eigenvalue weighted by molar-refractivity contribution is -0.139. The summed E-state index contributed by atoms with van der Waals surface area (Å²) in [5.74, 6) is -0.905. The van der Waals surface area contributed by atoms with E-state index in [1.165, 1.54) is 6.08 Å². The number of hydrogen-bond donors (Lipinski definition) is 0. The van der Waals surface area contributed by atoms with E-state index in [9.17, 15) is 9.59 Å². The van der Waals surface area contributed by atoms with Gasteiger partial charge in [0.1, 0.15) is 0 Å². The molecule has 4 nitrogen and oxygen atoms in total. The molecule has 0 aromatic heterocycles. The molecule has 0 aromatic rings. The molecule has 0 saturated carbocycles. The summed E-state index contributed by atoms with van der Waals surface area (Å²) in [6, 6.07) is 0. The highest BCUT2D eigenvalue weighted by Crippen LogP contribution is 2.05. The zero-order valence-corrected chi connectivity index (χ0v) is 15.1. The molecular weight excluding hydrogens is 276 g/mol. The van der Waals surface area contributed by atoms with E-state index in [4.69, 9.17) is 9.47 Å². The number of hydrogen-bond acceptors (Lipinski definition) is 4. The van der Waals surface area contributed by atoms with Crippen LogP contribution in [-0.4, -0.2) is 40.5 Å². The van der Waals surface area contributed by atoms with E-state index in [1.54, 1.807) is 6.92 Å². The van der Waals surface area contributed by atoms with Crippen LogP contribution >= 0.6 is 0 Å². The van der Waals surface area contributed by atoms with Crippen LogP contribution in [0.3, 0.4) is 0 Å². The minimum absolute atomic E-state index is 0.291. The molecule has 0 heterocycles. The molecule has 0 bridgehead atoms. The Labute approximate surface area is 118 Å². The van der Waals surface area contributed by atoms with Gasteiger partial charge in [-0.15, -0.1) is 0 Å². The van der Waals surface area contributed by atoms with E-state index in [2.05, 4.69) is 39.3 Å². The molecule has 0 amide bonds. The van der Waals surface area contributed by atoms with Gasteiger partial charge in [0.05, 0.1) is 28.6 Å². The van der Waals surface area contributed by atoms with Crippen LogP contribution in [0.15, 0.2) is 11.6 Å². The van der Waals surface area contributed by atoms with Crippen LogP contribution in [0.1, 0.15) is 6.92 Å². The second kappa shape index (κ2) is 7.05. The fourth-order valence-corrected chi connectivity index (χ4v) is 2.10. The lowest BCUT2D eigenvalue weighted by atomic mass is 10.3. The Morgan fingerprint density at radius 3 is 1.74 bits per heavy atom. The van der Waals surface area contributed by atoms with Crippen molar-refractivity contribution in [3.63, 3.8) is 0 Å². The summed E-state index contributed by atoms with van der Waals surface area (Å²) in [5.41, 5.74) is 0.291. The van der Waals surface area contributed by atoms with Crippen molar-refractivity contribution in [2.75, 3.05) is 12.5 Å². The van der Waals surface area contributed by atoms with Gasteiger partial charge in [0.25, 0.3) is 0 Å². The zero-order chi connectivity index (χ0) is 15.3. The maximum Gasteiger partial charge on any atom is 0.333 e. The van der Waals surface area contributed by atoms with E-state index in [1.807, 2.05) is 0 Å². The topological polar surface area (TPSA) is 52.6 Å². The average Bonchev–Trinajstić information content (AvgIpc) is 2.21. The van der Waals surface area contributed by atoms with Crippen LogP contribution in [0.25, 0.3) is 0 Å². The molecule has 0 aliphatic carbocycles. The molecule has 110 valence electrons. The number of carbonyl (C=O) groups is 2. The highest BCUT2D eigenvalue weighted by atomic mass is 28.3. The van der Waals surface area contributed by atoms with Crippen molar-refractivity contribution < 1.29 is 19.1 Å². The van der Waals surface area contributed by atoms with Gasteiger partial charge in [0, 0.05) is 11.6 Å². The lowest BCUT2D eigenvalue weighted by Gasteiger charge is -2.16. The first-order valence-electron chi connectivity index (χ1n) is 6.43. The Hall–Kier alpha value is -0.886. The van der Waals surface area contributed by atoms with Crippen molar-refractivity contribution in [2.45, 2.75) is 46.2 Å². The normalized spacial score (nSPS) is 13.1. The number of carbonyl (C=O) groups excluding carboxylic acids is 2. The van der Waals surface area contributed by atoms with E-state index in [0.717, 1.165) is 0 Å². The molecule has 0 N–H and O–H groups in total. The molecule has 0 fully saturated rings. The third kappa shape index (κ3) is 10.7. The molecule has 0 saturated heterocycles. The SMILES string of the molecule is CC(=CC(=O)OC[Si](C)(C)C)C(=O)OC[Si](C)(C)C. The Bertz CT molecular complexity index is 362. The van der Waals surface area contributed by atoms with E-state index in [-0.39, 0.29) is 0 Å². The maximum absolute atomic E-state index is 11.7. The summed E-state index contributed by atoms with van der Waals surface area (Å²) in [6.07, 6.45) is 2.13. The second-order valence-corrected chi connectivity index (χ2v) is 18.0. The van der Waals surface area contributed by atoms with Crippen LogP contribution in [0, 0.1) is 0 Å². The third-order valence-corrected chi connectivity index (χ3v) is 3.96. The Morgan fingerprint density at radius 1 is 0.895 bits per heavy atom. The molecule has 0 aromatic carbocycles. The molecule has 0 atom stereocenters. The van der Waals surface area contributed by atoms with E-state index in [0.29, 0.717) is 18.0 Å². The molecular formula is C13H26O4Si2. The van der Waals surface area contributed by atoms with Crippen molar-refractivity contribution in [1.29, 1.82) is 0 Å². The summed E-state index contributed by atoms with van der Waals surface area (Å²) in [7, 11) is -2.85. The fraction of sp³-hybridized carbons (Fsp3) is 0.692. The minimum Gasteiger partial charge on any atom is -0.466 e. The largest absolute Gasteiger partial charge is 0.466 e. The number of ether oxygens (including phenoxy) is 2. The van der Waals surface area contributed by atoms with Gasteiger partial charge in [0.15, 0.2) is 0 Å².